The molecule has 0 unspecified atom stereocenters. The van der Waals surface area contributed by atoms with Gasteiger partial charge in [0.25, 0.3) is 5.91 Å². The Morgan fingerprint density at radius 2 is 1.90 bits per heavy atom. The molecule has 0 aromatic heterocycles. The number of aliphatic hydroxyl groups excluding tert-OH is 1. The Labute approximate surface area is 242 Å². The standard InChI is InChI=1S/C30H36F2N4O6/c1-16(2)17-3-6-21-26(11-17)41-10-9-20-5-8-25(37)27(42-20)14-33-29(39)24-13-19(34-28(21)38)15-36(24)30(40)35-18-4-7-22(31)23(32)12-18/h3-4,6-7,11-12,16,19-20,24-25,27,37H,5,8-10,13-15H2,1-2H3,(H,33,39)(H,34,38)(H,35,40)/t19-,20-,24-,25-,27+/m0/s1. The van der Waals surface area contributed by atoms with Gasteiger partial charge in [0, 0.05) is 37.3 Å². The molecule has 2 aromatic carbocycles. The van der Waals surface area contributed by atoms with Crippen LogP contribution in [0.15, 0.2) is 36.4 Å². The molecule has 3 heterocycles. The van der Waals surface area contributed by atoms with Crippen LogP contribution in [0.4, 0.5) is 19.3 Å². The molecule has 3 aliphatic heterocycles. The van der Waals surface area contributed by atoms with E-state index < -0.39 is 53.8 Å². The number of carbonyl (C=O) groups excluding carboxylic acids is 3. The molecule has 5 atom stereocenters. The van der Waals surface area contributed by atoms with E-state index in [1.807, 2.05) is 26.0 Å². The molecule has 42 heavy (non-hydrogen) atoms. The number of rotatable bonds is 2. The molecule has 226 valence electrons. The predicted octanol–water partition coefficient (Wildman–Crippen LogP) is 3.30. The highest BCUT2D eigenvalue weighted by Gasteiger charge is 2.41. The molecule has 2 fully saturated rings. The zero-order chi connectivity index (χ0) is 30.0. The van der Waals surface area contributed by atoms with Gasteiger partial charge in [-0.15, -0.1) is 0 Å². The second-order valence-corrected chi connectivity index (χ2v) is 11.4. The molecule has 2 saturated heterocycles. The Bertz CT molecular complexity index is 1340. The summed E-state index contributed by atoms with van der Waals surface area (Å²) in [5.74, 6) is -2.44. The normalized spacial score (nSPS) is 26.6. The van der Waals surface area contributed by atoms with Crippen LogP contribution in [0.2, 0.25) is 0 Å². The highest BCUT2D eigenvalue weighted by atomic mass is 19.2. The van der Waals surface area contributed by atoms with Crippen LogP contribution < -0.4 is 20.7 Å². The third-order valence-electron chi connectivity index (χ3n) is 8.04. The lowest BCUT2D eigenvalue weighted by Crippen LogP contribution is -2.51. The molecule has 4 N–H and O–H groups in total. The molecule has 4 amide bonds. The van der Waals surface area contributed by atoms with Gasteiger partial charge in [0.15, 0.2) is 11.6 Å². The maximum atomic E-state index is 13.8. The van der Waals surface area contributed by atoms with E-state index >= 15 is 0 Å². The van der Waals surface area contributed by atoms with E-state index in [4.69, 9.17) is 9.47 Å². The number of halogens is 2. The van der Waals surface area contributed by atoms with Crippen molar-refractivity contribution in [3.8, 4) is 5.75 Å². The third-order valence-corrected chi connectivity index (χ3v) is 8.04. The van der Waals surface area contributed by atoms with Crippen LogP contribution in [0.5, 0.6) is 5.75 Å². The van der Waals surface area contributed by atoms with Crippen LogP contribution in [0, 0.1) is 11.6 Å². The Kier molecular flexibility index (Phi) is 8.93. The molecular formula is C30H36F2N4O6. The van der Waals surface area contributed by atoms with Crippen molar-refractivity contribution in [3.63, 3.8) is 0 Å². The fourth-order valence-corrected chi connectivity index (χ4v) is 5.62. The van der Waals surface area contributed by atoms with Gasteiger partial charge in [0.05, 0.1) is 24.4 Å². The summed E-state index contributed by atoms with van der Waals surface area (Å²) < 4.78 is 39.3. The quantitative estimate of drug-likeness (QED) is 0.428. The first-order valence-corrected chi connectivity index (χ1v) is 14.3. The Morgan fingerprint density at radius 3 is 2.67 bits per heavy atom. The highest BCUT2D eigenvalue weighted by Crippen LogP contribution is 2.28. The van der Waals surface area contributed by atoms with Gasteiger partial charge in [0.2, 0.25) is 5.91 Å². The highest BCUT2D eigenvalue weighted by molar-refractivity contribution is 5.98. The predicted molar refractivity (Wildman–Crippen MR) is 149 cm³/mol. The van der Waals surface area contributed by atoms with Crippen LogP contribution in [0.3, 0.4) is 0 Å². The maximum Gasteiger partial charge on any atom is 0.322 e. The van der Waals surface area contributed by atoms with E-state index in [0.29, 0.717) is 37.2 Å². The van der Waals surface area contributed by atoms with Crippen molar-refractivity contribution in [2.24, 2.45) is 0 Å². The average Bonchev–Trinajstić information content (AvgIpc) is 3.38. The van der Waals surface area contributed by atoms with Crippen molar-refractivity contribution in [1.82, 2.24) is 15.5 Å². The van der Waals surface area contributed by atoms with Gasteiger partial charge in [-0.1, -0.05) is 19.9 Å². The first-order valence-electron chi connectivity index (χ1n) is 14.3. The SMILES string of the molecule is CC(C)c1ccc2c(c1)OCC[C@@H]1CC[C@H](O)[C@@H](CNC(=O)[C@@H]3C[C@@H](CN3C(=O)Nc3ccc(F)c(F)c3)NC2=O)O1. The van der Waals surface area contributed by atoms with Gasteiger partial charge < -0.3 is 35.4 Å². The van der Waals surface area contributed by atoms with Crippen molar-refractivity contribution >= 4 is 23.5 Å². The number of likely N-dealkylation sites (tertiary alicyclic amines) is 1. The van der Waals surface area contributed by atoms with Crippen molar-refractivity contribution < 1.29 is 37.7 Å². The minimum absolute atomic E-state index is 0.00969. The van der Waals surface area contributed by atoms with E-state index in [-0.39, 0.29) is 37.2 Å². The lowest BCUT2D eigenvalue weighted by atomic mass is 9.99. The number of nitrogens with one attached hydrogen (secondary N) is 3. The number of hydrogen-bond donors (Lipinski definition) is 4. The van der Waals surface area contributed by atoms with Crippen LogP contribution in [-0.2, 0) is 9.53 Å². The Balaban J connectivity index is 1.42. The molecule has 3 aliphatic rings. The Morgan fingerprint density at radius 1 is 1.10 bits per heavy atom. The molecule has 10 nitrogen and oxygen atoms in total. The molecule has 2 aromatic rings. The van der Waals surface area contributed by atoms with Crippen molar-refractivity contribution in [3.05, 3.63) is 59.2 Å². The summed E-state index contributed by atoms with van der Waals surface area (Å²) in [6.45, 7) is 4.41. The molecule has 12 heteroatoms. The topological polar surface area (TPSA) is 129 Å². The number of benzene rings is 2. The van der Waals surface area contributed by atoms with Crippen LogP contribution in [-0.4, -0.2) is 77.9 Å². The number of amides is 4. The van der Waals surface area contributed by atoms with Crippen LogP contribution in [0.1, 0.15) is 61.4 Å². The average molecular weight is 587 g/mol. The number of urea groups is 1. The van der Waals surface area contributed by atoms with Crippen molar-refractivity contribution in [1.29, 1.82) is 0 Å². The largest absolute Gasteiger partial charge is 0.493 e. The second-order valence-electron chi connectivity index (χ2n) is 11.4. The zero-order valence-electron chi connectivity index (χ0n) is 23.6. The van der Waals surface area contributed by atoms with E-state index in [1.54, 1.807) is 6.07 Å². The van der Waals surface area contributed by atoms with E-state index in [1.165, 1.54) is 11.0 Å². The van der Waals surface area contributed by atoms with Gasteiger partial charge in [-0.25, -0.2) is 13.6 Å². The summed E-state index contributed by atoms with van der Waals surface area (Å²) >= 11 is 0. The molecule has 0 aliphatic carbocycles. The smallest absolute Gasteiger partial charge is 0.322 e. The fourth-order valence-electron chi connectivity index (χ4n) is 5.62. The van der Waals surface area contributed by atoms with Gasteiger partial charge >= 0.3 is 6.03 Å². The summed E-state index contributed by atoms with van der Waals surface area (Å²) in [6, 6.07) is 6.09. The molecule has 5 rings (SSSR count). The molecule has 0 spiro atoms. The maximum absolute atomic E-state index is 13.8. The van der Waals surface area contributed by atoms with E-state index in [2.05, 4.69) is 16.0 Å². The molecule has 4 bridgehead atoms. The summed E-state index contributed by atoms with van der Waals surface area (Å²) in [5.41, 5.74) is 1.35. The third kappa shape index (κ3) is 6.65. The first kappa shape index (κ1) is 29.7. The number of hydrogen-bond acceptors (Lipinski definition) is 6. The summed E-state index contributed by atoms with van der Waals surface area (Å²) in [6.07, 6.45) is 0.156. The minimum Gasteiger partial charge on any atom is -0.493 e. The number of anilines is 1. The number of carbonyl (C=O) groups is 3. The summed E-state index contributed by atoms with van der Waals surface area (Å²) in [7, 11) is 0. The molecule has 0 radical (unpaired) electrons. The van der Waals surface area contributed by atoms with Gasteiger partial charge in [0.1, 0.15) is 17.9 Å². The summed E-state index contributed by atoms with van der Waals surface area (Å²) in [4.78, 5) is 41.3. The van der Waals surface area contributed by atoms with Crippen LogP contribution in [0.25, 0.3) is 0 Å². The fraction of sp³-hybridized carbons (Fsp3) is 0.500. The monoisotopic (exact) mass is 586 g/mol. The zero-order valence-corrected chi connectivity index (χ0v) is 23.6. The first-order chi connectivity index (χ1) is 20.1. The van der Waals surface area contributed by atoms with Gasteiger partial charge in [-0.3, -0.25) is 9.59 Å². The number of fused-ring (bicyclic) bond motifs is 5. The van der Waals surface area contributed by atoms with Crippen molar-refractivity contribution in [2.45, 2.75) is 75.8 Å². The summed E-state index contributed by atoms with van der Waals surface area (Å²) in [5, 5.41) is 18.8. The lowest BCUT2D eigenvalue weighted by molar-refractivity contribution is -0.133. The van der Waals surface area contributed by atoms with Gasteiger partial charge in [-0.05, 0) is 55.0 Å². The van der Waals surface area contributed by atoms with E-state index in [0.717, 1.165) is 17.7 Å². The number of nitrogens with zero attached hydrogens (tertiary/aromatic N) is 1. The van der Waals surface area contributed by atoms with Gasteiger partial charge in [-0.2, -0.15) is 0 Å². The number of ether oxygens (including phenoxy) is 2. The van der Waals surface area contributed by atoms with Crippen LogP contribution >= 0.6 is 0 Å². The molecular weight excluding hydrogens is 550 g/mol. The lowest BCUT2D eigenvalue weighted by Gasteiger charge is -2.34. The van der Waals surface area contributed by atoms with E-state index in [9.17, 15) is 28.3 Å². The number of aliphatic hydroxyl groups is 1. The minimum atomic E-state index is -1.13. The van der Waals surface area contributed by atoms with Crippen molar-refractivity contribution in [2.75, 3.05) is 25.0 Å². The Hall–Kier alpha value is -3.77. The molecule has 0 saturated carbocycles. The second kappa shape index (κ2) is 12.6.